The van der Waals surface area contributed by atoms with Gasteiger partial charge in [-0.05, 0) is 31.5 Å². The van der Waals surface area contributed by atoms with Gasteiger partial charge >= 0.3 is 27.3 Å². The Morgan fingerprint density at radius 3 is 2.27 bits per heavy atom. The lowest BCUT2D eigenvalue weighted by atomic mass is 9.97. The summed E-state index contributed by atoms with van der Waals surface area (Å²) in [5.41, 5.74) is -0.571. The molecule has 0 atom stereocenters. The van der Waals surface area contributed by atoms with E-state index in [1.54, 1.807) is 6.07 Å². The molecule has 2 N–H and O–H groups in total. The smallest absolute Gasteiger partial charge is 0.431 e. The molecule has 1 rings (SSSR count). The Kier molecular flexibility index (Phi) is 6.43. The Labute approximate surface area is 147 Å². The van der Waals surface area contributed by atoms with E-state index in [2.05, 4.69) is 4.74 Å². The van der Waals surface area contributed by atoms with Gasteiger partial charge in [-0.25, -0.2) is 4.79 Å². The largest absolute Gasteiger partial charge is 0.462 e. The third kappa shape index (κ3) is 5.64. The van der Waals surface area contributed by atoms with Crippen LogP contribution in [0.2, 0.25) is 0 Å². The maximum atomic E-state index is 13.3. The fraction of sp³-hybridized carbons (Fsp3) is 0.533. The molecule has 0 saturated carbocycles. The van der Waals surface area contributed by atoms with E-state index in [0.717, 1.165) is 0 Å². The summed E-state index contributed by atoms with van der Waals surface area (Å²) < 4.78 is 86.0. The molecule has 26 heavy (non-hydrogen) atoms. The van der Waals surface area contributed by atoms with E-state index in [1.165, 1.54) is 32.0 Å². The summed E-state index contributed by atoms with van der Waals surface area (Å²) in [6, 6.07) is 5.70. The van der Waals surface area contributed by atoms with Gasteiger partial charge in [-0.3, -0.25) is 4.55 Å². The van der Waals surface area contributed by atoms with Crippen LogP contribution >= 0.6 is 0 Å². The number of esters is 1. The van der Waals surface area contributed by atoms with Crippen molar-refractivity contribution in [1.82, 2.24) is 0 Å². The first-order valence-corrected chi connectivity index (χ1v) is 8.72. The van der Waals surface area contributed by atoms with Crippen LogP contribution in [0.15, 0.2) is 24.3 Å². The predicted molar refractivity (Wildman–Crippen MR) is 82.8 cm³/mol. The topological polar surface area (TPSA) is 101 Å². The third-order valence-corrected chi connectivity index (χ3v) is 4.14. The average molecular weight is 402 g/mol. The Hall–Kier alpha value is -1.72. The SMILES string of the molecule is CC(C)(O)Cc1cccc(C(=O)OCCC(F)(F)C(F)(F)S(=O)(=O)O)c1. The molecule has 0 aliphatic rings. The lowest BCUT2D eigenvalue weighted by Crippen LogP contribution is -2.47. The molecule has 0 aliphatic carbocycles. The molecular weight excluding hydrogens is 384 g/mol. The highest BCUT2D eigenvalue weighted by Crippen LogP contribution is 2.40. The van der Waals surface area contributed by atoms with Crippen molar-refractivity contribution in [2.75, 3.05) is 6.61 Å². The molecule has 0 bridgehead atoms. The first kappa shape index (κ1) is 22.3. The summed E-state index contributed by atoms with van der Waals surface area (Å²) in [5, 5.41) is 4.02. The molecule has 0 fully saturated rings. The first-order chi connectivity index (χ1) is 11.6. The van der Waals surface area contributed by atoms with Crippen LogP contribution in [0.4, 0.5) is 17.6 Å². The van der Waals surface area contributed by atoms with Gasteiger partial charge in [0.1, 0.15) is 0 Å². The van der Waals surface area contributed by atoms with E-state index in [-0.39, 0.29) is 12.0 Å². The molecule has 0 amide bonds. The van der Waals surface area contributed by atoms with Crippen LogP contribution in [-0.4, -0.2) is 47.4 Å². The van der Waals surface area contributed by atoms with Crippen LogP contribution in [0.5, 0.6) is 0 Å². The van der Waals surface area contributed by atoms with E-state index >= 15 is 0 Å². The fourth-order valence-corrected chi connectivity index (χ4v) is 2.48. The molecule has 6 nitrogen and oxygen atoms in total. The molecule has 0 aliphatic heterocycles. The van der Waals surface area contributed by atoms with Crippen molar-refractivity contribution in [2.24, 2.45) is 0 Å². The number of benzene rings is 1. The standard InChI is InChI=1S/C15H18F4O6S/c1-13(2,21)9-10-4-3-5-11(8-10)12(20)25-7-6-14(16,17)15(18,19)26(22,23)24/h3-5,8,21H,6-7,9H2,1-2H3,(H,22,23,24). The Morgan fingerprint density at radius 2 is 1.77 bits per heavy atom. The Morgan fingerprint density at radius 1 is 1.19 bits per heavy atom. The van der Waals surface area contributed by atoms with Crippen LogP contribution in [0, 0.1) is 0 Å². The van der Waals surface area contributed by atoms with Gasteiger partial charge < -0.3 is 9.84 Å². The van der Waals surface area contributed by atoms with E-state index in [9.17, 15) is 35.9 Å². The zero-order chi connectivity index (χ0) is 20.4. The zero-order valence-electron chi connectivity index (χ0n) is 13.9. The van der Waals surface area contributed by atoms with Gasteiger partial charge in [-0.1, -0.05) is 12.1 Å². The number of carbonyl (C=O) groups excluding carboxylic acids is 1. The van der Waals surface area contributed by atoms with Gasteiger partial charge in [0.2, 0.25) is 0 Å². The fourth-order valence-electron chi connectivity index (χ4n) is 2.00. The van der Waals surface area contributed by atoms with Crippen molar-refractivity contribution < 1.29 is 45.2 Å². The van der Waals surface area contributed by atoms with Crippen LogP contribution in [0.25, 0.3) is 0 Å². The minimum Gasteiger partial charge on any atom is -0.462 e. The number of rotatable bonds is 8. The molecule has 0 heterocycles. The Balaban J connectivity index is 2.75. The maximum Gasteiger partial charge on any atom is 0.431 e. The summed E-state index contributed by atoms with van der Waals surface area (Å²) in [6.45, 7) is 1.87. The zero-order valence-corrected chi connectivity index (χ0v) is 14.7. The van der Waals surface area contributed by atoms with Gasteiger partial charge in [0.15, 0.2) is 0 Å². The molecule has 11 heteroatoms. The quantitative estimate of drug-likeness (QED) is 0.394. The second-order valence-electron chi connectivity index (χ2n) is 6.27. The first-order valence-electron chi connectivity index (χ1n) is 7.28. The van der Waals surface area contributed by atoms with E-state index in [4.69, 9.17) is 4.55 Å². The van der Waals surface area contributed by atoms with Crippen molar-refractivity contribution in [3.8, 4) is 0 Å². The molecule has 148 valence electrons. The number of hydrogen-bond donors (Lipinski definition) is 2. The summed E-state index contributed by atoms with van der Waals surface area (Å²) >= 11 is 0. The summed E-state index contributed by atoms with van der Waals surface area (Å²) in [5.74, 6) is -6.22. The molecule has 0 spiro atoms. The molecule has 1 aromatic rings. The minimum atomic E-state index is -6.33. The van der Waals surface area contributed by atoms with Crippen LogP contribution in [-0.2, 0) is 21.3 Å². The molecular formula is C15H18F4O6S. The van der Waals surface area contributed by atoms with Crippen molar-refractivity contribution in [3.05, 3.63) is 35.4 Å². The molecule has 0 radical (unpaired) electrons. The number of carbonyl (C=O) groups is 1. The number of aliphatic hydroxyl groups is 1. The summed E-state index contributed by atoms with van der Waals surface area (Å²) in [6.07, 6.45) is -1.62. The van der Waals surface area contributed by atoms with Crippen LogP contribution < -0.4 is 0 Å². The second kappa shape index (κ2) is 7.49. The number of alkyl halides is 4. The molecule has 0 unspecified atom stereocenters. The highest BCUT2D eigenvalue weighted by atomic mass is 32.2. The van der Waals surface area contributed by atoms with Gasteiger partial charge in [0, 0.05) is 6.42 Å². The van der Waals surface area contributed by atoms with Crippen molar-refractivity contribution in [3.63, 3.8) is 0 Å². The Bertz CT molecular complexity index is 756. The average Bonchev–Trinajstić information content (AvgIpc) is 2.44. The third-order valence-electron chi connectivity index (χ3n) is 3.20. The second-order valence-corrected chi connectivity index (χ2v) is 7.73. The number of halogens is 4. The van der Waals surface area contributed by atoms with Crippen molar-refractivity contribution in [2.45, 2.75) is 43.5 Å². The van der Waals surface area contributed by atoms with Gasteiger partial charge in [-0.2, -0.15) is 26.0 Å². The van der Waals surface area contributed by atoms with Crippen molar-refractivity contribution in [1.29, 1.82) is 0 Å². The monoisotopic (exact) mass is 402 g/mol. The lowest BCUT2D eigenvalue weighted by molar-refractivity contribution is -0.168. The van der Waals surface area contributed by atoms with E-state index in [0.29, 0.717) is 5.56 Å². The normalized spacial score (nSPS) is 13.5. The molecule has 0 aromatic heterocycles. The molecule has 0 saturated heterocycles. The van der Waals surface area contributed by atoms with E-state index in [1.807, 2.05) is 0 Å². The summed E-state index contributed by atoms with van der Waals surface area (Å²) in [4.78, 5) is 11.8. The maximum absolute atomic E-state index is 13.3. The highest BCUT2D eigenvalue weighted by Gasteiger charge is 2.65. The molecule has 1 aromatic carbocycles. The number of hydrogen-bond acceptors (Lipinski definition) is 5. The summed E-state index contributed by atoms with van der Waals surface area (Å²) in [7, 11) is -6.33. The van der Waals surface area contributed by atoms with Gasteiger partial charge in [0.25, 0.3) is 0 Å². The lowest BCUT2D eigenvalue weighted by Gasteiger charge is -2.23. The van der Waals surface area contributed by atoms with Crippen molar-refractivity contribution >= 4 is 16.1 Å². The van der Waals surface area contributed by atoms with Gasteiger partial charge in [-0.15, -0.1) is 0 Å². The predicted octanol–water partition coefficient (Wildman–Crippen LogP) is 2.66. The van der Waals surface area contributed by atoms with Crippen LogP contribution in [0.1, 0.15) is 36.2 Å². The number of ether oxygens (including phenoxy) is 1. The van der Waals surface area contributed by atoms with E-state index < -0.39 is 45.9 Å². The van der Waals surface area contributed by atoms with Crippen LogP contribution in [0.3, 0.4) is 0 Å². The van der Waals surface area contributed by atoms with Gasteiger partial charge in [0.05, 0.1) is 24.2 Å². The minimum absolute atomic E-state index is 0.0587. The highest BCUT2D eigenvalue weighted by molar-refractivity contribution is 7.87.